The van der Waals surface area contributed by atoms with E-state index in [9.17, 15) is 13.2 Å². The minimum absolute atomic E-state index is 0.0949. The van der Waals surface area contributed by atoms with Crippen molar-refractivity contribution in [2.24, 2.45) is 0 Å². The van der Waals surface area contributed by atoms with Crippen molar-refractivity contribution < 1.29 is 13.2 Å². The maximum atomic E-state index is 12.8. The fourth-order valence-electron chi connectivity index (χ4n) is 3.21. The molecule has 0 saturated carbocycles. The van der Waals surface area contributed by atoms with Gasteiger partial charge in [0.15, 0.2) is 0 Å². The average Bonchev–Trinajstić information content (AvgIpc) is 2.75. The summed E-state index contributed by atoms with van der Waals surface area (Å²) in [6, 6.07) is 25.6. The summed E-state index contributed by atoms with van der Waals surface area (Å²) in [4.78, 5) is 12.5. The van der Waals surface area contributed by atoms with Crippen molar-refractivity contribution in [2.45, 2.75) is 30.7 Å². The fourth-order valence-corrected chi connectivity index (χ4v) is 4.36. The summed E-state index contributed by atoms with van der Waals surface area (Å²) in [5.41, 5.74) is 2.60. The Labute approximate surface area is 178 Å². The van der Waals surface area contributed by atoms with E-state index in [0.717, 1.165) is 11.1 Å². The topological polar surface area (TPSA) is 66.5 Å². The SMILES string of the molecule is C[C@H](CC(=O)Nc1ccc(S(=O)(=O)N(C)Cc2ccccc2)cc1)c1ccccc1. The first-order chi connectivity index (χ1) is 14.4. The molecule has 5 nitrogen and oxygen atoms in total. The Morgan fingerprint density at radius 1 is 0.900 bits per heavy atom. The number of hydrogen-bond acceptors (Lipinski definition) is 3. The first kappa shape index (κ1) is 21.7. The third kappa shape index (κ3) is 5.55. The van der Waals surface area contributed by atoms with Gasteiger partial charge in [-0.1, -0.05) is 67.6 Å². The van der Waals surface area contributed by atoms with Crippen molar-refractivity contribution in [1.29, 1.82) is 0 Å². The molecule has 156 valence electrons. The van der Waals surface area contributed by atoms with E-state index in [4.69, 9.17) is 0 Å². The number of nitrogens with zero attached hydrogens (tertiary/aromatic N) is 1. The zero-order chi connectivity index (χ0) is 21.6. The van der Waals surface area contributed by atoms with Gasteiger partial charge in [0.25, 0.3) is 0 Å². The van der Waals surface area contributed by atoms with Gasteiger partial charge in [0.05, 0.1) is 4.90 Å². The average molecular weight is 423 g/mol. The van der Waals surface area contributed by atoms with Crippen molar-refractivity contribution in [2.75, 3.05) is 12.4 Å². The molecule has 1 N–H and O–H groups in total. The smallest absolute Gasteiger partial charge is 0.243 e. The number of nitrogens with one attached hydrogen (secondary N) is 1. The Bertz CT molecular complexity index is 1070. The van der Waals surface area contributed by atoms with Gasteiger partial charge in [-0.25, -0.2) is 8.42 Å². The molecule has 30 heavy (non-hydrogen) atoms. The van der Waals surface area contributed by atoms with Crippen molar-refractivity contribution in [3.05, 3.63) is 96.1 Å². The number of carbonyl (C=O) groups is 1. The summed E-state index contributed by atoms with van der Waals surface area (Å²) in [6.07, 6.45) is 0.351. The zero-order valence-corrected chi connectivity index (χ0v) is 18.0. The summed E-state index contributed by atoms with van der Waals surface area (Å²) in [5, 5.41) is 2.84. The molecule has 0 radical (unpaired) electrons. The first-order valence-electron chi connectivity index (χ1n) is 9.81. The molecule has 0 aliphatic rings. The van der Waals surface area contributed by atoms with Gasteiger partial charge in [0.1, 0.15) is 0 Å². The van der Waals surface area contributed by atoms with E-state index in [1.165, 1.54) is 16.4 Å². The second-order valence-electron chi connectivity index (χ2n) is 7.34. The Hall–Kier alpha value is -2.96. The lowest BCUT2D eigenvalue weighted by Gasteiger charge is -2.17. The number of anilines is 1. The van der Waals surface area contributed by atoms with Crippen molar-refractivity contribution >= 4 is 21.6 Å². The highest BCUT2D eigenvalue weighted by molar-refractivity contribution is 7.89. The third-order valence-electron chi connectivity index (χ3n) is 4.95. The van der Waals surface area contributed by atoms with Crippen LogP contribution in [0.4, 0.5) is 5.69 Å². The van der Waals surface area contributed by atoms with Crippen LogP contribution in [0.1, 0.15) is 30.4 Å². The largest absolute Gasteiger partial charge is 0.326 e. The van der Waals surface area contributed by atoms with Crippen LogP contribution in [0, 0.1) is 0 Å². The van der Waals surface area contributed by atoms with Gasteiger partial charge in [-0.2, -0.15) is 4.31 Å². The van der Waals surface area contributed by atoms with Crippen LogP contribution in [0.5, 0.6) is 0 Å². The standard InChI is InChI=1S/C24H26N2O3S/c1-19(21-11-7-4-8-12-21)17-24(27)25-22-13-15-23(16-14-22)30(28,29)26(2)18-20-9-5-3-6-10-20/h3-16,19H,17-18H2,1-2H3,(H,25,27)/t19-/m1/s1. The molecule has 3 rings (SSSR count). The van der Waals surface area contributed by atoms with E-state index >= 15 is 0 Å². The predicted octanol–water partition coefficient (Wildman–Crippen LogP) is 4.64. The van der Waals surface area contributed by atoms with Crippen LogP contribution >= 0.6 is 0 Å². The Kier molecular flexibility index (Phi) is 7.03. The predicted molar refractivity (Wildman–Crippen MR) is 120 cm³/mol. The molecule has 1 amide bonds. The molecule has 0 aromatic heterocycles. The molecule has 0 heterocycles. The molecule has 0 aliphatic heterocycles. The molecule has 0 aliphatic carbocycles. The lowest BCUT2D eigenvalue weighted by molar-refractivity contribution is -0.116. The van der Waals surface area contributed by atoms with Crippen molar-refractivity contribution in [3.8, 4) is 0 Å². The van der Waals surface area contributed by atoms with Gasteiger partial charge in [0, 0.05) is 25.7 Å². The van der Waals surface area contributed by atoms with Crippen LogP contribution in [-0.4, -0.2) is 25.7 Å². The van der Waals surface area contributed by atoms with E-state index in [1.54, 1.807) is 19.2 Å². The molecular formula is C24H26N2O3S. The van der Waals surface area contributed by atoms with E-state index < -0.39 is 10.0 Å². The van der Waals surface area contributed by atoms with Crippen LogP contribution < -0.4 is 5.32 Å². The fraction of sp³-hybridized carbons (Fsp3) is 0.208. The summed E-state index contributed by atoms with van der Waals surface area (Å²) in [5.74, 6) is -0.0133. The van der Waals surface area contributed by atoms with Crippen LogP contribution in [0.15, 0.2) is 89.8 Å². The highest BCUT2D eigenvalue weighted by Gasteiger charge is 2.21. The van der Waals surface area contributed by atoms with Crippen LogP contribution in [0.25, 0.3) is 0 Å². The highest BCUT2D eigenvalue weighted by Crippen LogP contribution is 2.21. The molecule has 0 saturated heterocycles. The molecule has 0 fully saturated rings. The zero-order valence-electron chi connectivity index (χ0n) is 17.2. The van der Waals surface area contributed by atoms with Crippen LogP contribution in [-0.2, 0) is 21.4 Å². The van der Waals surface area contributed by atoms with E-state index in [-0.39, 0.29) is 16.7 Å². The number of hydrogen-bond donors (Lipinski definition) is 1. The van der Waals surface area contributed by atoms with Gasteiger partial charge in [-0.3, -0.25) is 4.79 Å². The maximum absolute atomic E-state index is 12.8. The monoisotopic (exact) mass is 422 g/mol. The minimum atomic E-state index is -3.62. The summed E-state index contributed by atoms with van der Waals surface area (Å²) in [7, 11) is -2.06. The molecule has 3 aromatic carbocycles. The third-order valence-corrected chi connectivity index (χ3v) is 6.77. The van der Waals surface area contributed by atoms with Gasteiger partial charge < -0.3 is 5.32 Å². The molecule has 0 spiro atoms. The van der Waals surface area contributed by atoms with Crippen LogP contribution in [0.2, 0.25) is 0 Å². The second kappa shape index (κ2) is 9.69. The van der Waals surface area contributed by atoms with Gasteiger partial charge in [0.2, 0.25) is 15.9 Å². The normalized spacial score (nSPS) is 12.5. The van der Waals surface area contributed by atoms with E-state index in [0.29, 0.717) is 18.7 Å². The van der Waals surface area contributed by atoms with E-state index in [2.05, 4.69) is 5.32 Å². The molecule has 0 unspecified atom stereocenters. The van der Waals surface area contributed by atoms with Crippen molar-refractivity contribution in [1.82, 2.24) is 4.31 Å². The number of sulfonamides is 1. The van der Waals surface area contributed by atoms with Gasteiger partial charge >= 0.3 is 0 Å². The Morgan fingerprint density at radius 2 is 1.47 bits per heavy atom. The lowest BCUT2D eigenvalue weighted by atomic mass is 9.97. The highest BCUT2D eigenvalue weighted by atomic mass is 32.2. The Balaban J connectivity index is 1.61. The summed E-state index contributed by atoms with van der Waals surface area (Å²) in [6.45, 7) is 2.30. The number of rotatable bonds is 8. The molecule has 6 heteroatoms. The molecule has 1 atom stereocenters. The number of amides is 1. The summed E-state index contributed by atoms with van der Waals surface area (Å²) >= 11 is 0. The maximum Gasteiger partial charge on any atom is 0.243 e. The van der Waals surface area contributed by atoms with Crippen molar-refractivity contribution in [3.63, 3.8) is 0 Å². The van der Waals surface area contributed by atoms with Gasteiger partial charge in [-0.05, 0) is 41.3 Å². The van der Waals surface area contributed by atoms with Crippen LogP contribution in [0.3, 0.4) is 0 Å². The quantitative estimate of drug-likeness (QED) is 0.575. The lowest BCUT2D eigenvalue weighted by Crippen LogP contribution is -2.26. The van der Waals surface area contributed by atoms with E-state index in [1.807, 2.05) is 67.6 Å². The summed E-state index contributed by atoms with van der Waals surface area (Å²) < 4.78 is 26.9. The molecule has 3 aromatic rings. The minimum Gasteiger partial charge on any atom is -0.326 e. The second-order valence-corrected chi connectivity index (χ2v) is 9.38. The first-order valence-corrected chi connectivity index (χ1v) is 11.3. The molecule has 0 bridgehead atoms. The van der Waals surface area contributed by atoms with Gasteiger partial charge in [-0.15, -0.1) is 0 Å². The molecular weight excluding hydrogens is 396 g/mol. The number of carbonyl (C=O) groups excluding carboxylic acids is 1. The Morgan fingerprint density at radius 3 is 2.07 bits per heavy atom. The number of benzene rings is 3.